The molecule has 0 spiro atoms. The van der Waals surface area contributed by atoms with E-state index in [1.165, 1.54) is 17.8 Å². The molecule has 216 valence electrons. The van der Waals surface area contributed by atoms with Gasteiger partial charge in [0.1, 0.15) is 18.1 Å². The van der Waals surface area contributed by atoms with E-state index < -0.39 is 30.7 Å². The number of nitrogen functional groups attached to an aromatic ring is 1. The first-order valence-corrected chi connectivity index (χ1v) is 15.0. The predicted molar refractivity (Wildman–Crippen MR) is 152 cm³/mol. The number of anilines is 1. The lowest BCUT2D eigenvalue weighted by Crippen LogP contribution is -2.37. The Kier molecular flexibility index (Phi) is 9.16. The van der Waals surface area contributed by atoms with Crippen molar-refractivity contribution in [3.8, 4) is 5.75 Å². The first-order valence-electron chi connectivity index (χ1n) is 12.7. The number of aromatic amines is 1. The third-order valence-electron chi connectivity index (χ3n) is 6.40. The number of carbonyl (C=O) groups excluding carboxylic acids is 1. The van der Waals surface area contributed by atoms with Gasteiger partial charge in [0, 0.05) is 16.1 Å². The Hall–Kier alpha value is -3.03. The molecule has 0 saturated heterocycles. The quantitative estimate of drug-likeness (QED) is 0.158. The van der Waals surface area contributed by atoms with E-state index in [0.717, 1.165) is 16.5 Å². The van der Waals surface area contributed by atoms with Gasteiger partial charge in [-0.1, -0.05) is 29.3 Å². The molecule has 4 rings (SSSR count). The van der Waals surface area contributed by atoms with Crippen molar-refractivity contribution in [1.82, 2.24) is 24.6 Å². The number of hydrogen-bond donors (Lipinski definition) is 4. The summed E-state index contributed by atoms with van der Waals surface area (Å²) in [6.45, 7) is 4.78. The Morgan fingerprint density at radius 2 is 2.10 bits per heavy atom. The SMILES string of the molecule is CCC[C@H](C)OC(=O)[C@H](C)N[P@](=O)(OC[C@]1(CO)C/C1=C/n1cnc2c(=O)[nH]c(N)nc21)Oc1ccc(Br)cc1. The number of esters is 1. The number of ether oxygens (including phenoxy) is 1. The lowest BCUT2D eigenvalue weighted by molar-refractivity contribution is -0.150. The van der Waals surface area contributed by atoms with E-state index in [4.69, 9.17) is 19.5 Å². The summed E-state index contributed by atoms with van der Waals surface area (Å²) in [5, 5.41) is 12.9. The van der Waals surface area contributed by atoms with Gasteiger partial charge in [0.25, 0.3) is 5.56 Å². The van der Waals surface area contributed by atoms with Crippen molar-refractivity contribution in [2.24, 2.45) is 5.41 Å². The molecule has 2 aromatic heterocycles. The number of nitrogens with two attached hydrogens (primary N) is 1. The minimum atomic E-state index is -4.14. The topological polar surface area (TPSA) is 184 Å². The standard InChI is InChI=1S/C25H32BrN6O7P/c1-4-5-15(2)38-23(35)16(3)31-40(36,39-19-8-6-18(26)7-9-19)37-13-25(12-33)10-17(25)11-32-14-28-20-21(32)29-24(27)30-22(20)34/h6-9,11,14-16,33H,4-5,10,12-13H2,1-3H3,(H,31,36)(H3,27,29,30,34)/b17-11-/t15-,16-,25+,40-/m0/s1. The Morgan fingerprint density at radius 3 is 2.77 bits per heavy atom. The molecule has 1 aromatic carbocycles. The van der Waals surface area contributed by atoms with Crippen LogP contribution in [0.5, 0.6) is 5.75 Å². The van der Waals surface area contributed by atoms with Gasteiger partial charge in [-0.15, -0.1) is 0 Å². The van der Waals surface area contributed by atoms with Gasteiger partial charge in [0.2, 0.25) is 5.95 Å². The monoisotopic (exact) mass is 638 g/mol. The number of nitrogens with zero attached hydrogens (tertiary/aromatic N) is 3. The van der Waals surface area contributed by atoms with Crippen LogP contribution in [0.15, 0.2) is 45.4 Å². The number of H-pyrrole nitrogens is 1. The summed E-state index contributed by atoms with van der Waals surface area (Å²) in [6.07, 6.45) is 4.73. The van der Waals surface area contributed by atoms with E-state index in [0.29, 0.717) is 12.8 Å². The van der Waals surface area contributed by atoms with Crippen molar-refractivity contribution in [2.45, 2.75) is 52.2 Å². The van der Waals surface area contributed by atoms with Crippen molar-refractivity contribution in [3.63, 3.8) is 0 Å². The van der Waals surface area contributed by atoms with Crippen LogP contribution in [0.1, 0.15) is 40.0 Å². The Balaban J connectivity index is 1.53. The van der Waals surface area contributed by atoms with Gasteiger partial charge < -0.3 is 20.1 Å². The van der Waals surface area contributed by atoms with E-state index in [1.54, 1.807) is 37.4 Å². The third-order valence-corrected chi connectivity index (χ3v) is 8.55. The first-order chi connectivity index (χ1) is 19.0. The summed E-state index contributed by atoms with van der Waals surface area (Å²) in [4.78, 5) is 35.3. The zero-order valence-electron chi connectivity index (χ0n) is 22.3. The van der Waals surface area contributed by atoms with Gasteiger partial charge in [0.15, 0.2) is 11.2 Å². The molecule has 1 fully saturated rings. The lowest BCUT2D eigenvalue weighted by atomic mass is 10.1. The van der Waals surface area contributed by atoms with E-state index in [1.807, 2.05) is 6.92 Å². The summed E-state index contributed by atoms with van der Waals surface area (Å²) in [6, 6.07) is 5.61. The molecule has 2 heterocycles. The highest BCUT2D eigenvalue weighted by atomic mass is 79.9. The second-order valence-electron chi connectivity index (χ2n) is 9.75. The number of imidazole rings is 1. The highest BCUT2D eigenvalue weighted by Gasteiger charge is 2.51. The van der Waals surface area contributed by atoms with Crippen molar-refractivity contribution in [2.75, 3.05) is 18.9 Å². The maximum absolute atomic E-state index is 13.9. The Bertz CT molecular complexity index is 1510. The normalized spacial score (nSPS) is 20.7. The van der Waals surface area contributed by atoms with Crippen LogP contribution in [0.4, 0.5) is 5.95 Å². The van der Waals surface area contributed by atoms with Crippen LogP contribution in [-0.4, -0.2) is 56.0 Å². The lowest BCUT2D eigenvalue weighted by Gasteiger charge is -2.25. The molecule has 1 aliphatic rings. The van der Waals surface area contributed by atoms with Crippen molar-refractivity contribution >= 4 is 53.0 Å². The van der Waals surface area contributed by atoms with Crippen LogP contribution >= 0.6 is 23.7 Å². The van der Waals surface area contributed by atoms with Crippen LogP contribution in [0.25, 0.3) is 17.4 Å². The molecular formula is C25H32BrN6O7P. The molecule has 0 aliphatic heterocycles. The number of aliphatic hydroxyl groups excluding tert-OH is 1. The van der Waals surface area contributed by atoms with E-state index in [9.17, 15) is 19.3 Å². The van der Waals surface area contributed by atoms with Crippen molar-refractivity contribution < 1.29 is 28.3 Å². The number of halogens is 1. The predicted octanol–water partition coefficient (Wildman–Crippen LogP) is 3.60. The summed E-state index contributed by atoms with van der Waals surface area (Å²) in [5.41, 5.74) is 5.44. The van der Waals surface area contributed by atoms with Crippen LogP contribution < -0.4 is 20.9 Å². The van der Waals surface area contributed by atoms with Gasteiger partial charge in [0.05, 0.1) is 19.3 Å². The fourth-order valence-electron chi connectivity index (χ4n) is 4.04. The number of hydrogen-bond acceptors (Lipinski definition) is 10. The van der Waals surface area contributed by atoms with E-state index in [2.05, 4.69) is 36.0 Å². The summed E-state index contributed by atoms with van der Waals surface area (Å²) in [5.74, 6) is -0.400. The molecule has 0 radical (unpaired) electrons. The van der Waals surface area contributed by atoms with E-state index >= 15 is 0 Å². The highest BCUT2D eigenvalue weighted by Crippen LogP contribution is 2.56. The minimum absolute atomic E-state index is 0.0564. The van der Waals surface area contributed by atoms with E-state index in [-0.39, 0.29) is 42.2 Å². The number of carbonyl (C=O) groups is 1. The largest absolute Gasteiger partial charge is 0.462 e. The molecule has 13 nitrogen and oxygen atoms in total. The average molecular weight is 639 g/mol. The Labute approximate surface area is 238 Å². The number of aliphatic hydroxyl groups is 1. The van der Waals surface area contributed by atoms with Gasteiger partial charge in [-0.25, -0.2) is 9.55 Å². The van der Waals surface area contributed by atoms with Crippen LogP contribution in [-0.2, 0) is 18.6 Å². The Morgan fingerprint density at radius 1 is 1.38 bits per heavy atom. The average Bonchev–Trinajstić information content (AvgIpc) is 3.44. The van der Waals surface area contributed by atoms with Crippen LogP contribution in [0, 0.1) is 5.41 Å². The maximum Gasteiger partial charge on any atom is 0.459 e. The molecule has 4 atom stereocenters. The minimum Gasteiger partial charge on any atom is -0.462 e. The third kappa shape index (κ3) is 6.99. The maximum atomic E-state index is 13.9. The fraction of sp³-hybridized carbons (Fsp3) is 0.440. The zero-order valence-corrected chi connectivity index (χ0v) is 24.8. The second kappa shape index (κ2) is 12.2. The number of rotatable bonds is 13. The fourth-order valence-corrected chi connectivity index (χ4v) is 5.88. The van der Waals surface area contributed by atoms with Gasteiger partial charge >= 0.3 is 13.7 Å². The van der Waals surface area contributed by atoms with Gasteiger partial charge in [-0.3, -0.25) is 23.7 Å². The second-order valence-corrected chi connectivity index (χ2v) is 12.4. The number of fused-ring (bicyclic) bond motifs is 1. The van der Waals surface area contributed by atoms with Gasteiger partial charge in [-0.05, 0) is 56.5 Å². The molecule has 3 aromatic rings. The summed E-state index contributed by atoms with van der Waals surface area (Å²) < 4.78 is 33.2. The molecule has 1 saturated carbocycles. The number of aromatic nitrogens is 4. The highest BCUT2D eigenvalue weighted by molar-refractivity contribution is 9.10. The molecule has 0 amide bonds. The number of nitrogens with one attached hydrogen (secondary N) is 2. The van der Waals surface area contributed by atoms with Crippen molar-refractivity contribution in [1.29, 1.82) is 0 Å². The summed E-state index contributed by atoms with van der Waals surface area (Å²) in [7, 11) is -4.14. The molecule has 5 N–H and O–H groups in total. The van der Waals surface area contributed by atoms with Crippen molar-refractivity contribution in [3.05, 3.63) is 51.0 Å². The van der Waals surface area contributed by atoms with Crippen LogP contribution in [0.2, 0.25) is 0 Å². The molecule has 0 unspecified atom stereocenters. The molecular weight excluding hydrogens is 607 g/mol. The van der Waals surface area contributed by atoms with Crippen LogP contribution in [0.3, 0.4) is 0 Å². The molecule has 15 heteroatoms. The zero-order chi connectivity index (χ0) is 29.1. The summed E-state index contributed by atoms with van der Waals surface area (Å²) >= 11 is 3.34. The van der Waals surface area contributed by atoms with Gasteiger partial charge in [-0.2, -0.15) is 10.1 Å². The smallest absolute Gasteiger partial charge is 0.459 e. The first kappa shape index (κ1) is 29.9. The molecule has 1 aliphatic carbocycles. The number of benzene rings is 1. The molecule has 0 bridgehead atoms. The molecule has 40 heavy (non-hydrogen) atoms.